The number of benzene rings is 1. The third-order valence-corrected chi connectivity index (χ3v) is 5.50. The summed E-state index contributed by atoms with van der Waals surface area (Å²) in [5.74, 6) is -2.89. The summed E-state index contributed by atoms with van der Waals surface area (Å²) < 4.78 is 93.1. The van der Waals surface area contributed by atoms with E-state index in [1.54, 1.807) is 6.08 Å². The van der Waals surface area contributed by atoms with Crippen LogP contribution in [0.25, 0.3) is 0 Å². The fraction of sp³-hybridized carbons (Fsp3) is 0.591. The molecular weight excluding hydrogens is 471 g/mol. The Balaban J connectivity index is 2.28. The van der Waals surface area contributed by atoms with Gasteiger partial charge in [-0.2, -0.15) is 13.2 Å². The molecule has 5 nitrogen and oxygen atoms in total. The Hall–Kier alpha value is -2.34. The van der Waals surface area contributed by atoms with Crippen molar-refractivity contribution in [2.24, 2.45) is 22.6 Å². The molecule has 0 aliphatic heterocycles. The smallest absolute Gasteiger partial charge is 0.405 e. The van der Waals surface area contributed by atoms with Gasteiger partial charge in [-0.25, -0.2) is 9.38 Å². The van der Waals surface area contributed by atoms with Crippen LogP contribution in [0.3, 0.4) is 0 Å². The zero-order valence-corrected chi connectivity index (χ0v) is 18.3. The molecule has 1 aliphatic carbocycles. The van der Waals surface area contributed by atoms with E-state index in [0.717, 1.165) is 43.9 Å². The standard InChI is InChI=1S/C22H28F7N3O2/c23-8-9-31-12-15-3-1-2-14(10-15)4-5-16(13-33)18-11-17(32-20(30)21(24,25)26)6-7-19(18)34-22(27,28)29/h4-7,11,14-16,31,33H,1-3,8-10,12-13H2,(H2,30,32)/b5-4-. The van der Waals surface area contributed by atoms with Crippen molar-refractivity contribution in [2.45, 2.75) is 44.1 Å². The highest BCUT2D eigenvalue weighted by Crippen LogP contribution is 2.36. The summed E-state index contributed by atoms with van der Waals surface area (Å²) in [6, 6.07) is 2.74. The van der Waals surface area contributed by atoms with Crippen molar-refractivity contribution in [3.63, 3.8) is 0 Å². The summed E-state index contributed by atoms with van der Waals surface area (Å²) in [6.07, 6.45) is -3.12. The summed E-state index contributed by atoms with van der Waals surface area (Å²) in [4.78, 5) is 3.23. The van der Waals surface area contributed by atoms with Crippen molar-refractivity contribution in [2.75, 3.05) is 26.4 Å². The number of hydrogen-bond donors (Lipinski definition) is 3. The molecule has 1 aliphatic rings. The molecule has 0 aromatic heterocycles. The van der Waals surface area contributed by atoms with Crippen LogP contribution >= 0.6 is 0 Å². The molecular formula is C22H28F7N3O2. The van der Waals surface area contributed by atoms with E-state index in [1.807, 2.05) is 0 Å². The number of aliphatic hydroxyl groups excluding tert-OH is 1. The minimum Gasteiger partial charge on any atom is -0.405 e. The summed E-state index contributed by atoms with van der Waals surface area (Å²) in [5.41, 5.74) is 4.41. The van der Waals surface area contributed by atoms with E-state index in [9.17, 15) is 35.8 Å². The predicted molar refractivity (Wildman–Crippen MR) is 114 cm³/mol. The Bertz CT molecular complexity index is 841. The number of hydrogen-bond acceptors (Lipinski definition) is 4. The topological polar surface area (TPSA) is 79.9 Å². The van der Waals surface area contributed by atoms with Crippen molar-refractivity contribution in [3.8, 4) is 5.75 Å². The molecule has 3 atom stereocenters. The summed E-state index contributed by atoms with van der Waals surface area (Å²) in [7, 11) is 0. The van der Waals surface area contributed by atoms with Gasteiger partial charge in [0.05, 0.1) is 12.3 Å². The second-order valence-electron chi connectivity index (χ2n) is 8.12. The fourth-order valence-electron chi connectivity index (χ4n) is 3.94. The Morgan fingerprint density at radius 3 is 2.59 bits per heavy atom. The van der Waals surface area contributed by atoms with Gasteiger partial charge in [0, 0.05) is 18.0 Å². The van der Waals surface area contributed by atoms with Crippen LogP contribution in [0, 0.1) is 11.8 Å². The average Bonchev–Trinajstić information content (AvgIpc) is 2.74. The highest BCUT2D eigenvalue weighted by molar-refractivity contribution is 5.88. The number of nitrogens with zero attached hydrogens (tertiary/aromatic N) is 1. The maximum absolute atomic E-state index is 12.9. The minimum absolute atomic E-state index is 0.0917. The van der Waals surface area contributed by atoms with Crippen molar-refractivity contribution >= 4 is 11.5 Å². The van der Waals surface area contributed by atoms with E-state index in [0.29, 0.717) is 12.5 Å². The molecule has 34 heavy (non-hydrogen) atoms. The Labute approximate surface area is 192 Å². The van der Waals surface area contributed by atoms with Crippen molar-refractivity contribution in [1.29, 1.82) is 0 Å². The van der Waals surface area contributed by atoms with Crippen LogP contribution in [-0.4, -0.2) is 49.9 Å². The Kier molecular flexibility index (Phi) is 10.2. The number of alkyl halides is 7. The molecule has 3 unspecified atom stereocenters. The van der Waals surface area contributed by atoms with E-state index in [4.69, 9.17) is 5.73 Å². The predicted octanol–water partition coefficient (Wildman–Crippen LogP) is 5.13. The molecule has 0 amide bonds. The van der Waals surface area contributed by atoms with Gasteiger partial charge in [-0.1, -0.05) is 18.6 Å². The van der Waals surface area contributed by atoms with Crippen LogP contribution in [0.2, 0.25) is 0 Å². The van der Waals surface area contributed by atoms with E-state index < -0.39 is 43.3 Å². The summed E-state index contributed by atoms with van der Waals surface area (Å²) in [5, 5.41) is 12.9. The minimum atomic E-state index is -5.04. The van der Waals surface area contributed by atoms with Gasteiger partial charge >= 0.3 is 12.5 Å². The SMILES string of the molecule is NC(=Nc1ccc(OC(F)(F)F)c(C(/C=C\C2CCCC(CNCCF)C2)CO)c1)C(F)(F)F. The zero-order chi connectivity index (χ0) is 25.4. The van der Waals surface area contributed by atoms with Gasteiger partial charge in [0.2, 0.25) is 5.84 Å². The lowest BCUT2D eigenvalue weighted by Crippen LogP contribution is -2.30. The number of allylic oxidation sites excluding steroid dienone is 1. The van der Waals surface area contributed by atoms with Crippen molar-refractivity contribution in [1.82, 2.24) is 5.32 Å². The molecule has 4 N–H and O–H groups in total. The molecule has 0 radical (unpaired) electrons. The van der Waals surface area contributed by atoms with Gasteiger partial charge in [0.1, 0.15) is 12.4 Å². The lowest BCUT2D eigenvalue weighted by molar-refractivity contribution is -0.275. The molecule has 12 heteroatoms. The van der Waals surface area contributed by atoms with Crippen molar-refractivity contribution < 1.29 is 40.6 Å². The molecule has 1 saturated carbocycles. The first-order valence-corrected chi connectivity index (χ1v) is 10.8. The number of rotatable bonds is 10. The highest BCUT2D eigenvalue weighted by atomic mass is 19.4. The number of nitrogens with two attached hydrogens (primary N) is 1. The van der Waals surface area contributed by atoms with E-state index in [1.165, 1.54) is 6.08 Å². The monoisotopic (exact) mass is 499 g/mol. The first kappa shape index (κ1) is 27.9. The van der Waals surface area contributed by atoms with E-state index >= 15 is 0 Å². The van der Waals surface area contributed by atoms with Crippen LogP contribution in [0.4, 0.5) is 36.4 Å². The number of ether oxygens (including phenoxy) is 1. The number of nitrogens with one attached hydrogen (secondary N) is 1. The second-order valence-corrected chi connectivity index (χ2v) is 8.12. The van der Waals surface area contributed by atoms with Crippen LogP contribution in [0.1, 0.15) is 37.2 Å². The number of aliphatic hydroxyl groups is 1. The average molecular weight is 499 g/mol. The first-order chi connectivity index (χ1) is 15.9. The van der Waals surface area contributed by atoms with Crippen LogP contribution in [-0.2, 0) is 0 Å². The molecule has 0 bridgehead atoms. The second kappa shape index (κ2) is 12.4. The Morgan fingerprint density at radius 1 is 1.24 bits per heavy atom. The molecule has 0 spiro atoms. The van der Waals surface area contributed by atoms with Gasteiger partial charge in [0.15, 0.2) is 0 Å². The van der Waals surface area contributed by atoms with Crippen molar-refractivity contribution in [3.05, 3.63) is 35.9 Å². The van der Waals surface area contributed by atoms with Crippen LogP contribution < -0.4 is 15.8 Å². The van der Waals surface area contributed by atoms with Gasteiger partial charge in [-0.15, -0.1) is 13.2 Å². The summed E-state index contributed by atoms with van der Waals surface area (Å²) in [6.45, 7) is -0.152. The largest absolute Gasteiger partial charge is 0.573 e. The molecule has 1 aromatic carbocycles. The fourth-order valence-corrected chi connectivity index (χ4v) is 3.94. The normalized spacial score (nSPS) is 21.1. The maximum atomic E-state index is 12.9. The third-order valence-electron chi connectivity index (χ3n) is 5.50. The number of halogens is 7. The quantitative estimate of drug-likeness (QED) is 0.137. The van der Waals surface area contributed by atoms with Crippen LogP contribution in [0.15, 0.2) is 35.3 Å². The van der Waals surface area contributed by atoms with E-state index in [-0.39, 0.29) is 23.7 Å². The van der Waals surface area contributed by atoms with Crippen LogP contribution in [0.5, 0.6) is 5.75 Å². The number of aliphatic imine (C=N–C) groups is 1. The lowest BCUT2D eigenvalue weighted by Gasteiger charge is -2.28. The molecule has 0 heterocycles. The maximum Gasteiger partial charge on any atom is 0.573 e. The summed E-state index contributed by atoms with van der Waals surface area (Å²) >= 11 is 0. The number of amidine groups is 1. The molecule has 1 aromatic rings. The van der Waals surface area contributed by atoms with Gasteiger partial charge in [-0.3, -0.25) is 0 Å². The van der Waals surface area contributed by atoms with Gasteiger partial charge in [0.25, 0.3) is 0 Å². The van der Waals surface area contributed by atoms with Gasteiger partial charge in [-0.05, 0) is 55.8 Å². The highest BCUT2D eigenvalue weighted by Gasteiger charge is 2.35. The van der Waals surface area contributed by atoms with Gasteiger partial charge < -0.3 is 20.9 Å². The zero-order valence-electron chi connectivity index (χ0n) is 18.3. The molecule has 192 valence electrons. The lowest BCUT2D eigenvalue weighted by atomic mass is 9.80. The molecule has 0 saturated heterocycles. The van der Waals surface area contributed by atoms with E-state index in [2.05, 4.69) is 15.0 Å². The molecule has 1 fully saturated rings. The molecule has 2 rings (SSSR count). The first-order valence-electron chi connectivity index (χ1n) is 10.8. The third kappa shape index (κ3) is 9.13. The Morgan fingerprint density at radius 2 is 1.97 bits per heavy atom.